The van der Waals surface area contributed by atoms with Crippen LogP contribution in [0.15, 0.2) is 121 Å². The molecule has 3 fully saturated rings. The van der Waals surface area contributed by atoms with Crippen LogP contribution in [0.4, 0.5) is 5.69 Å². The van der Waals surface area contributed by atoms with Gasteiger partial charge in [-0.15, -0.1) is 9.32 Å². The van der Waals surface area contributed by atoms with Crippen molar-refractivity contribution in [3.8, 4) is 45.6 Å². The van der Waals surface area contributed by atoms with Crippen LogP contribution in [0.1, 0.15) is 29.6 Å². The molecule has 5 aliphatic heterocycles. The maximum absolute atomic E-state index is 13.7. The van der Waals surface area contributed by atoms with Crippen LogP contribution in [0.3, 0.4) is 0 Å². The number of primary sulfonamides is 2. The van der Waals surface area contributed by atoms with Gasteiger partial charge in [-0.3, -0.25) is 9.21 Å². The average Bonchev–Trinajstić information content (AvgIpc) is 1.76. The Morgan fingerprint density at radius 2 is 0.884 bits per heavy atom. The van der Waals surface area contributed by atoms with Crippen LogP contribution in [0.2, 0.25) is 0 Å². The molecule has 5 aromatic carbocycles. The van der Waals surface area contributed by atoms with Gasteiger partial charge in [0.2, 0.25) is 30.1 Å². The molecule has 5 aliphatic rings. The number of amides is 1. The first-order chi connectivity index (χ1) is 40.6. The van der Waals surface area contributed by atoms with Crippen molar-refractivity contribution < 1.29 is 75.1 Å². The number of aromatic nitrogens is 8. The van der Waals surface area contributed by atoms with Crippen molar-refractivity contribution in [2.45, 2.75) is 19.3 Å². The zero-order valence-corrected chi connectivity index (χ0v) is 51.4. The van der Waals surface area contributed by atoms with E-state index in [0.717, 1.165) is 93.9 Å². The van der Waals surface area contributed by atoms with Gasteiger partial charge in [0.1, 0.15) is 19.6 Å². The van der Waals surface area contributed by atoms with Gasteiger partial charge in [-0.05, 0) is 64.9 Å². The number of ether oxygens (including phenoxy) is 3. The fourth-order valence-corrected chi connectivity index (χ4v) is 10.2. The van der Waals surface area contributed by atoms with Crippen LogP contribution in [-0.4, -0.2) is 150 Å². The number of benzene rings is 5. The standard InChI is InChI=1S/C32H16N8.C21H33N2O6S.3CH5NO2S.Cu/c1-2-10-18-17(9-1)25-33-26(18)38-28-21-13-5-6-14-22(21)30(35-28)40-32-24-16-8-7-15-23(24)31(36-32)39-29-20-12-4-3-11-19(20)27(34-29)37-25;1-30(25,26)22-20-4-2-3-19(17-20)21(24)23-8-14-27-11-5-18(6-12-28-15-9-23)7-13-29-16-10-23;2*1-5(2,3)4;1-5-4-3-2;/h1-16H;2-4,17-18,22H,5-16H2,1H3;2*1H3,(H2,2,3,4);2H2,1H3;/q-2;+1;;;;+2. The molecule has 0 saturated carbocycles. The number of carbonyl (C=O) groups is 1. The Labute approximate surface area is 512 Å². The number of rotatable bonds is 5. The molecule has 0 atom stereocenters. The van der Waals surface area contributed by atoms with Gasteiger partial charge in [-0.25, -0.2) is 50.3 Å². The summed E-state index contributed by atoms with van der Waals surface area (Å²) in [6, 6.07) is 38.5. The Balaban J connectivity index is 0.000000203. The predicted octanol–water partition coefficient (Wildman–Crippen LogP) is 5.90. The van der Waals surface area contributed by atoms with E-state index >= 15 is 0 Å². The molecular formula is C56H64CuN13O12S4+. The molecule has 86 heavy (non-hydrogen) atoms. The number of fused-ring (bicyclic) bond motifs is 32. The number of nitrogens with two attached hydrogens (primary N) is 3. The average molecular weight is 1300 g/mol. The summed E-state index contributed by atoms with van der Waals surface area (Å²) in [6.07, 6.45) is 7.58. The Hall–Kier alpha value is -6.71. The fourth-order valence-electron chi connectivity index (χ4n) is 9.55. The second-order valence-corrected chi connectivity index (χ2v) is 25.3. The molecule has 1 radical (unpaired) electrons. The molecule has 0 unspecified atom stereocenters. The van der Waals surface area contributed by atoms with Crippen LogP contribution >= 0.6 is 12.0 Å². The molecule has 1 amide bonds. The largest absolute Gasteiger partial charge is 2.00 e. The monoisotopic (exact) mass is 1300 g/mol. The number of nitrogens with zero attached hydrogens (tertiary/aromatic N) is 9. The first kappa shape index (κ1) is 66.8. The summed E-state index contributed by atoms with van der Waals surface area (Å²) in [5.41, 5.74) is 6.62. The normalized spacial score (nSPS) is 16.8. The number of sulfonamides is 3. The van der Waals surface area contributed by atoms with Crippen molar-refractivity contribution in [1.82, 2.24) is 39.9 Å². The van der Waals surface area contributed by atoms with E-state index in [2.05, 4.69) is 30.2 Å². The minimum atomic E-state index is -3.43. The van der Waals surface area contributed by atoms with E-state index in [1.54, 1.807) is 30.5 Å². The summed E-state index contributed by atoms with van der Waals surface area (Å²) in [4.78, 5) is 56.6. The molecule has 459 valence electrons. The summed E-state index contributed by atoms with van der Waals surface area (Å²) in [5.74, 6) is 7.07. The van der Waals surface area contributed by atoms with E-state index in [-0.39, 0.29) is 27.5 Å². The van der Waals surface area contributed by atoms with Crippen molar-refractivity contribution in [2.24, 2.45) is 22.1 Å². The molecule has 25 nitrogen and oxygen atoms in total. The quantitative estimate of drug-likeness (QED) is 0.0512. The zero-order chi connectivity index (χ0) is 60.8. The van der Waals surface area contributed by atoms with Crippen molar-refractivity contribution in [3.05, 3.63) is 127 Å². The molecule has 10 bridgehead atoms. The predicted molar refractivity (Wildman–Crippen MR) is 326 cm³/mol. The minimum Gasteiger partial charge on any atom is -0.376 e. The smallest absolute Gasteiger partial charge is 0.376 e. The van der Waals surface area contributed by atoms with Gasteiger partial charge in [-0.1, -0.05) is 103 Å². The van der Waals surface area contributed by atoms with Gasteiger partial charge in [0, 0.05) is 88.6 Å². The van der Waals surface area contributed by atoms with Crippen LogP contribution < -0.4 is 30.9 Å². The van der Waals surface area contributed by atoms with Gasteiger partial charge in [0.25, 0.3) is 0 Å². The maximum atomic E-state index is 13.7. The van der Waals surface area contributed by atoms with Crippen molar-refractivity contribution in [3.63, 3.8) is 0 Å². The molecule has 8 heterocycles. The summed E-state index contributed by atoms with van der Waals surface area (Å²) < 4.78 is 85.1. The molecular weight excluding hydrogens is 1240 g/mol. The number of anilines is 1. The third-order valence-electron chi connectivity index (χ3n) is 13.3. The van der Waals surface area contributed by atoms with Crippen LogP contribution in [-0.2, 0) is 70.7 Å². The number of nitrogens with one attached hydrogen (secondary N) is 1. The van der Waals surface area contributed by atoms with Crippen LogP contribution in [0.25, 0.3) is 89.7 Å². The summed E-state index contributed by atoms with van der Waals surface area (Å²) in [5, 5.41) is 12.2. The molecule has 8 aromatic rings. The topological polar surface area (TPSA) is 361 Å². The Kier molecular flexibility index (Phi) is 23.5. The third-order valence-corrected chi connectivity index (χ3v) is 14.1. The Morgan fingerprint density at radius 1 is 0.547 bits per heavy atom. The van der Waals surface area contributed by atoms with E-state index in [4.69, 9.17) is 54.1 Å². The minimum absolute atomic E-state index is 0. The Bertz CT molecular complexity index is 3790. The van der Waals surface area contributed by atoms with Gasteiger partial charge in [0.15, 0.2) is 0 Å². The zero-order valence-electron chi connectivity index (χ0n) is 47.2. The molecule has 0 spiro atoms. The van der Waals surface area contributed by atoms with E-state index < -0.39 is 30.1 Å². The van der Waals surface area contributed by atoms with Gasteiger partial charge in [-0.2, -0.15) is 5.90 Å². The molecule has 3 aromatic heterocycles. The SMILES string of the molecule is CS(=O)(=O)Nc1cccc(C(=O)[N+]23CCOCCC(CCOCC2)CCOCC3)c1.CS(N)(=O)=O.CS(N)(=O)=O.CSOON.[Cu+2].c1ccc2c(c1)-c1nc-2nc2[n-]c(nc3nc(nc4[n-]c(n1)c1ccccc41)-c1ccccc1-3)c1ccccc21. The molecule has 3 saturated heterocycles. The van der Waals surface area contributed by atoms with Crippen molar-refractivity contribution in [1.29, 1.82) is 0 Å². The number of carbonyl (C=O) groups excluding carboxylic acids is 1. The first-order valence-corrected chi connectivity index (χ1v) is 33.4. The van der Waals surface area contributed by atoms with E-state index in [1.807, 2.05) is 97.1 Å². The number of hydrogen-bond donors (Lipinski definition) is 4. The van der Waals surface area contributed by atoms with Gasteiger partial charge >= 0.3 is 23.0 Å². The molecule has 30 heteroatoms. The van der Waals surface area contributed by atoms with Crippen molar-refractivity contribution >= 4 is 97.8 Å². The number of hydrogen-bond acceptors (Lipinski definition) is 20. The van der Waals surface area contributed by atoms with E-state index in [9.17, 15) is 30.0 Å². The van der Waals surface area contributed by atoms with E-state index in [1.165, 1.54) is 0 Å². The van der Waals surface area contributed by atoms with E-state index in [0.29, 0.717) is 122 Å². The van der Waals surface area contributed by atoms with Crippen LogP contribution in [0, 0.1) is 5.92 Å². The second-order valence-electron chi connectivity index (χ2n) is 19.8. The fraction of sp³-hybridized carbons (Fsp3) is 0.304. The van der Waals surface area contributed by atoms with Crippen molar-refractivity contribution in [2.75, 3.05) is 89.0 Å². The third kappa shape index (κ3) is 18.7. The molecule has 13 rings (SSSR count). The molecule has 0 aliphatic carbocycles. The van der Waals surface area contributed by atoms with Gasteiger partial charge in [0.05, 0.1) is 67.4 Å². The van der Waals surface area contributed by atoms with Gasteiger partial charge < -0.3 is 44.1 Å². The van der Waals surface area contributed by atoms with Crippen LogP contribution in [0.5, 0.6) is 0 Å². The maximum Gasteiger partial charge on any atom is 2.00 e. The summed E-state index contributed by atoms with van der Waals surface area (Å²) in [6.45, 7) is 5.06. The first-order valence-electron chi connectivity index (χ1n) is 26.4. The number of quaternary nitrogens is 1. The molecule has 7 N–H and O–H groups in total. The summed E-state index contributed by atoms with van der Waals surface area (Å²) >= 11 is 1.05. The summed E-state index contributed by atoms with van der Waals surface area (Å²) in [7, 11) is -9.76. The Morgan fingerprint density at radius 3 is 1.19 bits per heavy atom. The second kappa shape index (κ2) is 30.3.